The number of ether oxygens (including phenoxy) is 2. The first-order chi connectivity index (χ1) is 12.5. The molecule has 0 bridgehead atoms. The zero-order valence-electron chi connectivity index (χ0n) is 14.2. The van der Waals surface area contributed by atoms with Gasteiger partial charge in [-0.05, 0) is 35.9 Å². The Morgan fingerprint density at radius 2 is 1.81 bits per heavy atom. The second kappa shape index (κ2) is 10.0. The van der Waals surface area contributed by atoms with Crippen molar-refractivity contribution in [1.82, 2.24) is 5.32 Å². The maximum Gasteiger partial charge on any atom is 0.307 e. The third-order valence-electron chi connectivity index (χ3n) is 3.60. The highest BCUT2D eigenvalue weighted by Crippen LogP contribution is 2.20. The summed E-state index contributed by atoms with van der Waals surface area (Å²) in [6.45, 7) is 0.192. The molecule has 0 aliphatic rings. The van der Waals surface area contributed by atoms with Crippen LogP contribution >= 0.6 is 23.2 Å². The topological polar surface area (TPSA) is 64.6 Å². The van der Waals surface area contributed by atoms with Gasteiger partial charge in [-0.1, -0.05) is 41.4 Å². The Morgan fingerprint density at radius 3 is 2.46 bits per heavy atom. The van der Waals surface area contributed by atoms with Crippen LogP contribution in [0.2, 0.25) is 10.0 Å². The molecule has 2 aromatic rings. The lowest BCUT2D eigenvalue weighted by Gasteiger charge is -2.18. The van der Waals surface area contributed by atoms with E-state index in [4.69, 9.17) is 32.7 Å². The van der Waals surface area contributed by atoms with Gasteiger partial charge >= 0.3 is 5.97 Å². The Hall–Kier alpha value is -2.24. The molecule has 1 atom stereocenters. The van der Waals surface area contributed by atoms with Gasteiger partial charge in [-0.3, -0.25) is 9.59 Å². The van der Waals surface area contributed by atoms with E-state index in [-0.39, 0.29) is 25.4 Å². The van der Waals surface area contributed by atoms with E-state index in [0.717, 1.165) is 5.56 Å². The molecular formula is C19H19Cl2NO4. The molecule has 26 heavy (non-hydrogen) atoms. The van der Waals surface area contributed by atoms with E-state index in [1.807, 2.05) is 0 Å². The highest BCUT2D eigenvalue weighted by Gasteiger charge is 2.19. The second-order valence-corrected chi connectivity index (χ2v) is 6.38. The molecule has 1 amide bonds. The van der Waals surface area contributed by atoms with E-state index in [1.165, 1.54) is 7.11 Å². The van der Waals surface area contributed by atoms with Crippen LogP contribution in [-0.2, 0) is 14.3 Å². The lowest BCUT2D eigenvalue weighted by atomic mass is 10.0. The average Bonchev–Trinajstić information content (AvgIpc) is 2.61. The molecular weight excluding hydrogens is 377 g/mol. The van der Waals surface area contributed by atoms with Gasteiger partial charge in [0.2, 0.25) is 5.91 Å². The maximum absolute atomic E-state index is 12.2. The number of hydrogen-bond acceptors (Lipinski definition) is 4. The number of rotatable bonds is 8. The zero-order valence-corrected chi connectivity index (χ0v) is 15.7. The fourth-order valence-corrected chi connectivity index (χ4v) is 2.59. The minimum absolute atomic E-state index is 0.0268. The van der Waals surface area contributed by atoms with E-state index >= 15 is 0 Å². The first kappa shape index (κ1) is 20.1. The van der Waals surface area contributed by atoms with Gasteiger partial charge in [0, 0.05) is 10.0 Å². The second-order valence-electron chi connectivity index (χ2n) is 5.51. The van der Waals surface area contributed by atoms with E-state index in [9.17, 15) is 9.59 Å². The SMILES string of the molecule is COC(=O)CC(NC(=O)CCOc1cccc(Cl)c1)c1ccc(Cl)cc1. The van der Waals surface area contributed by atoms with Crippen LogP contribution in [0.15, 0.2) is 48.5 Å². The predicted octanol–water partition coefficient (Wildman–Crippen LogP) is 4.18. The van der Waals surface area contributed by atoms with Crippen LogP contribution in [0.1, 0.15) is 24.4 Å². The number of esters is 1. The van der Waals surface area contributed by atoms with Crippen LogP contribution < -0.4 is 10.1 Å². The quantitative estimate of drug-likeness (QED) is 0.680. The molecule has 0 heterocycles. The molecule has 0 aromatic heterocycles. The van der Waals surface area contributed by atoms with Crippen molar-refractivity contribution in [3.05, 3.63) is 64.1 Å². The molecule has 1 N–H and O–H groups in total. The molecule has 5 nitrogen and oxygen atoms in total. The van der Waals surface area contributed by atoms with Crippen LogP contribution in [-0.4, -0.2) is 25.6 Å². The van der Waals surface area contributed by atoms with E-state index < -0.39 is 12.0 Å². The Labute approximate surface area is 162 Å². The molecule has 0 saturated heterocycles. The highest BCUT2D eigenvalue weighted by molar-refractivity contribution is 6.30. The van der Waals surface area contributed by atoms with Crippen molar-refractivity contribution in [1.29, 1.82) is 0 Å². The molecule has 138 valence electrons. The van der Waals surface area contributed by atoms with Gasteiger partial charge in [0.25, 0.3) is 0 Å². The van der Waals surface area contributed by atoms with Crippen molar-refractivity contribution in [2.24, 2.45) is 0 Å². The van der Waals surface area contributed by atoms with Crippen molar-refractivity contribution < 1.29 is 19.1 Å². The van der Waals surface area contributed by atoms with Gasteiger partial charge < -0.3 is 14.8 Å². The molecule has 0 spiro atoms. The van der Waals surface area contributed by atoms with Gasteiger partial charge in [0.05, 0.1) is 32.6 Å². The van der Waals surface area contributed by atoms with Crippen molar-refractivity contribution in [3.8, 4) is 5.75 Å². The third-order valence-corrected chi connectivity index (χ3v) is 4.09. The summed E-state index contributed by atoms with van der Waals surface area (Å²) in [4.78, 5) is 23.9. The highest BCUT2D eigenvalue weighted by atomic mass is 35.5. The zero-order chi connectivity index (χ0) is 18.9. The van der Waals surface area contributed by atoms with Crippen LogP contribution in [0.4, 0.5) is 0 Å². The van der Waals surface area contributed by atoms with Gasteiger partial charge in [-0.2, -0.15) is 0 Å². The lowest BCUT2D eigenvalue weighted by molar-refractivity contribution is -0.141. The molecule has 0 aliphatic heterocycles. The summed E-state index contributed by atoms with van der Waals surface area (Å²) in [7, 11) is 1.31. The minimum atomic E-state index is -0.501. The standard InChI is InChI=1S/C19H19Cl2NO4/c1-25-19(24)12-17(13-5-7-14(20)8-6-13)22-18(23)9-10-26-16-4-2-3-15(21)11-16/h2-8,11,17H,9-10,12H2,1H3,(H,22,23). The fraction of sp³-hybridized carbons (Fsp3) is 0.263. The van der Waals surface area contributed by atoms with Gasteiger partial charge in [0.15, 0.2) is 0 Å². The van der Waals surface area contributed by atoms with E-state index in [1.54, 1.807) is 48.5 Å². The van der Waals surface area contributed by atoms with E-state index in [2.05, 4.69) is 5.32 Å². The molecule has 0 saturated carbocycles. The smallest absolute Gasteiger partial charge is 0.307 e. The minimum Gasteiger partial charge on any atom is -0.493 e. The first-order valence-electron chi connectivity index (χ1n) is 7.98. The molecule has 1 unspecified atom stereocenters. The number of amides is 1. The number of halogens is 2. The van der Waals surface area contributed by atoms with Gasteiger partial charge in [-0.25, -0.2) is 0 Å². The number of benzene rings is 2. The summed E-state index contributed by atoms with van der Waals surface area (Å²) < 4.78 is 10.2. The summed E-state index contributed by atoms with van der Waals surface area (Å²) in [5.41, 5.74) is 0.768. The van der Waals surface area contributed by atoms with E-state index in [0.29, 0.717) is 15.8 Å². The molecule has 2 aromatic carbocycles. The summed E-state index contributed by atoms with van der Waals surface area (Å²) in [6.07, 6.45) is 0.163. The van der Waals surface area contributed by atoms with Crippen LogP contribution in [0.3, 0.4) is 0 Å². The van der Waals surface area contributed by atoms with Crippen LogP contribution in [0, 0.1) is 0 Å². The number of nitrogens with one attached hydrogen (secondary N) is 1. The van der Waals surface area contributed by atoms with Gasteiger partial charge in [-0.15, -0.1) is 0 Å². The number of methoxy groups -OCH3 is 1. The fourth-order valence-electron chi connectivity index (χ4n) is 2.28. The van der Waals surface area contributed by atoms with Crippen molar-refractivity contribution in [3.63, 3.8) is 0 Å². The lowest BCUT2D eigenvalue weighted by Crippen LogP contribution is -2.31. The monoisotopic (exact) mass is 395 g/mol. The summed E-state index contributed by atoms with van der Waals surface area (Å²) in [5.74, 6) is -0.0644. The predicted molar refractivity (Wildman–Crippen MR) is 101 cm³/mol. The van der Waals surface area contributed by atoms with Gasteiger partial charge in [0.1, 0.15) is 5.75 Å². The third kappa shape index (κ3) is 6.58. The summed E-state index contributed by atoms with van der Waals surface area (Å²) in [5, 5.41) is 3.97. The Bertz CT molecular complexity index is 749. The van der Waals surface area contributed by atoms with Crippen molar-refractivity contribution in [2.75, 3.05) is 13.7 Å². The van der Waals surface area contributed by atoms with Crippen LogP contribution in [0.25, 0.3) is 0 Å². The summed E-state index contributed by atoms with van der Waals surface area (Å²) in [6, 6.07) is 13.4. The Kier molecular flexibility index (Phi) is 7.75. The Balaban J connectivity index is 1.92. The molecule has 0 aliphatic carbocycles. The summed E-state index contributed by atoms with van der Waals surface area (Å²) >= 11 is 11.8. The number of carbonyl (C=O) groups is 2. The van der Waals surface area contributed by atoms with Crippen LogP contribution in [0.5, 0.6) is 5.75 Å². The molecule has 2 rings (SSSR count). The largest absolute Gasteiger partial charge is 0.493 e. The normalized spacial score (nSPS) is 11.5. The van der Waals surface area contributed by atoms with Crippen molar-refractivity contribution >= 4 is 35.1 Å². The average molecular weight is 396 g/mol. The first-order valence-corrected chi connectivity index (χ1v) is 8.73. The maximum atomic E-state index is 12.2. The number of carbonyl (C=O) groups excluding carboxylic acids is 2. The number of hydrogen-bond donors (Lipinski definition) is 1. The molecule has 0 fully saturated rings. The Morgan fingerprint density at radius 1 is 1.08 bits per heavy atom. The molecule has 7 heteroatoms. The van der Waals surface area contributed by atoms with Crippen molar-refractivity contribution in [2.45, 2.75) is 18.9 Å². The molecule has 0 radical (unpaired) electrons.